The normalized spacial score (nSPS) is 13.3. The zero-order chi connectivity index (χ0) is 21.7. The second kappa shape index (κ2) is 8.95. The Balaban J connectivity index is 1.91. The molecule has 9 heteroatoms. The van der Waals surface area contributed by atoms with E-state index in [0.717, 1.165) is 23.8 Å². The van der Waals surface area contributed by atoms with Crippen LogP contribution in [0.15, 0.2) is 48.5 Å². The Morgan fingerprint density at radius 3 is 2.31 bits per heavy atom. The van der Waals surface area contributed by atoms with Crippen molar-refractivity contribution in [3.63, 3.8) is 0 Å². The minimum Gasteiger partial charge on any atom is -0.497 e. The maximum atomic E-state index is 12.7. The highest BCUT2D eigenvalue weighted by molar-refractivity contribution is 6.39. The van der Waals surface area contributed by atoms with Gasteiger partial charge in [-0.1, -0.05) is 18.2 Å². The van der Waals surface area contributed by atoms with Crippen molar-refractivity contribution in [2.45, 2.75) is 25.1 Å². The molecule has 0 aromatic heterocycles. The Morgan fingerprint density at radius 1 is 1.07 bits per heavy atom. The van der Waals surface area contributed by atoms with Crippen molar-refractivity contribution >= 4 is 17.5 Å². The molecule has 2 amide bonds. The lowest BCUT2D eigenvalue weighted by Gasteiger charge is -2.23. The first kappa shape index (κ1) is 22.2. The fourth-order valence-electron chi connectivity index (χ4n) is 2.56. The number of nitrogens with one attached hydrogen (secondary N) is 2. The minimum atomic E-state index is -4.57. The number of ether oxygens (including phenoxy) is 1. The average molecular weight is 410 g/mol. The third kappa shape index (κ3) is 6.79. The molecule has 156 valence electrons. The van der Waals surface area contributed by atoms with Gasteiger partial charge in [0.1, 0.15) is 5.75 Å². The van der Waals surface area contributed by atoms with Gasteiger partial charge in [-0.3, -0.25) is 9.59 Å². The largest absolute Gasteiger partial charge is 0.497 e. The van der Waals surface area contributed by atoms with E-state index in [0.29, 0.717) is 5.75 Å². The van der Waals surface area contributed by atoms with Gasteiger partial charge in [0, 0.05) is 18.7 Å². The number of rotatable bonds is 6. The fraction of sp³-hybridized carbons (Fsp3) is 0.300. The third-order valence-corrected chi connectivity index (χ3v) is 4.03. The zero-order valence-electron chi connectivity index (χ0n) is 15.8. The highest BCUT2D eigenvalue weighted by atomic mass is 19.4. The zero-order valence-corrected chi connectivity index (χ0v) is 15.8. The SMILES string of the molecule is COc1ccc(CC(C)(O)CNC(=O)C(=O)Nc2cccc(C(F)(F)F)c2)cc1. The van der Waals surface area contributed by atoms with Gasteiger partial charge < -0.3 is 20.5 Å². The number of halogens is 3. The van der Waals surface area contributed by atoms with E-state index in [4.69, 9.17) is 4.74 Å². The fourth-order valence-corrected chi connectivity index (χ4v) is 2.56. The van der Waals surface area contributed by atoms with E-state index in [2.05, 4.69) is 10.6 Å². The van der Waals surface area contributed by atoms with Crippen molar-refractivity contribution < 1.29 is 32.6 Å². The van der Waals surface area contributed by atoms with Crippen LogP contribution >= 0.6 is 0 Å². The number of methoxy groups -OCH3 is 1. The van der Waals surface area contributed by atoms with Crippen LogP contribution in [0.1, 0.15) is 18.1 Å². The summed E-state index contributed by atoms with van der Waals surface area (Å²) in [6, 6.07) is 10.9. The molecule has 0 saturated heterocycles. The number of hydrogen-bond acceptors (Lipinski definition) is 4. The smallest absolute Gasteiger partial charge is 0.416 e. The van der Waals surface area contributed by atoms with Crippen LogP contribution in [-0.4, -0.2) is 36.2 Å². The van der Waals surface area contributed by atoms with Gasteiger partial charge in [0.05, 0.1) is 18.3 Å². The van der Waals surface area contributed by atoms with Crippen LogP contribution in [0.3, 0.4) is 0 Å². The summed E-state index contributed by atoms with van der Waals surface area (Å²) < 4.78 is 43.2. The summed E-state index contributed by atoms with van der Waals surface area (Å²) in [6.07, 6.45) is -4.37. The van der Waals surface area contributed by atoms with E-state index >= 15 is 0 Å². The molecule has 0 bridgehead atoms. The first-order valence-electron chi connectivity index (χ1n) is 8.62. The minimum absolute atomic E-state index is 0.162. The van der Waals surface area contributed by atoms with Gasteiger partial charge >= 0.3 is 18.0 Å². The van der Waals surface area contributed by atoms with Gasteiger partial charge in [-0.2, -0.15) is 13.2 Å². The molecular weight excluding hydrogens is 389 g/mol. The van der Waals surface area contributed by atoms with Crippen LogP contribution in [0.4, 0.5) is 18.9 Å². The second-order valence-corrected chi connectivity index (χ2v) is 6.74. The summed E-state index contributed by atoms with van der Waals surface area (Å²) in [4.78, 5) is 23.9. The van der Waals surface area contributed by atoms with Crippen LogP contribution in [0.5, 0.6) is 5.75 Å². The lowest BCUT2D eigenvalue weighted by Crippen LogP contribution is -2.45. The summed E-state index contributed by atoms with van der Waals surface area (Å²) in [5.74, 6) is -1.55. The first-order chi connectivity index (χ1) is 13.5. The number of anilines is 1. The molecule has 1 atom stereocenters. The van der Waals surface area contributed by atoms with Gasteiger partial charge in [-0.05, 0) is 42.8 Å². The van der Waals surface area contributed by atoms with Crippen LogP contribution in [-0.2, 0) is 22.2 Å². The monoisotopic (exact) mass is 410 g/mol. The number of alkyl halides is 3. The number of carbonyl (C=O) groups excluding carboxylic acids is 2. The molecular formula is C20H21F3N2O4. The molecule has 2 aromatic rings. The topological polar surface area (TPSA) is 87.7 Å². The van der Waals surface area contributed by atoms with Gasteiger partial charge in [-0.15, -0.1) is 0 Å². The van der Waals surface area contributed by atoms with Gasteiger partial charge in [0.15, 0.2) is 0 Å². The van der Waals surface area contributed by atoms with Crippen LogP contribution in [0.25, 0.3) is 0 Å². The summed E-state index contributed by atoms with van der Waals surface area (Å²) in [6.45, 7) is 1.26. The quantitative estimate of drug-likeness (QED) is 0.639. The predicted octanol–water partition coefficient (Wildman–Crippen LogP) is 2.76. The van der Waals surface area contributed by atoms with E-state index in [9.17, 15) is 27.9 Å². The highest BCUT2D eigenvalue weighted by Gasteiger charge is 2.30. The second-order valence-electron chi connectivity index (χ2n) is 6.74. The summed E-state index contributed by atoms with van der Waals surface area (Å²) in [5, 5.41) is 14.8. The van der Waals surface area contributed by atoms with Crippen LogP contribution in [0.2, 0.25) is 0 Å². The Labute approximate surface area is 165 Å². The van der Waals surface area contributed by atoms with Crippen molar-refractivity contribution in [3.05, 3.63) is 59.7 Å². The van der Waals surface area contributed by atoms with Crippen molar-refractivity contribution in [2.24, 2.45) is 0 Å². The van der Waals surface area contributed by atoms with E-state index in [-0.39, 0.29) is 18.7 Å². The molecule has 1 unspecified atom stereocenters. The molecule has 6 nitrogen and oxygen atoms in total. The summed E-state index contributed by atoms with van der Waals surface area (Å²) in [7, 11) is 1.53. The van der Waals surface area contributed by atoms with Gasteiger partial charge in [0.2, 0.25) is 0 Å². The number of amides is 2. The number of benzene rings is 2. The molecule has 0 aliphatic rings. The Bertz CT molecular complexity index is 865. The summed E-state index contributed by atoms with van der Waals surface area (Å²) >= 11 is 0. The molecule has 3 N–H and O–H groups in total. The van der Waals surface area contributed by atoms with E-state index in [1.165, 1.54) is 20.1 Å². The molecule has 0 saturated carbocycles. The molecule has 2 rings (SSSR count). The lowest BCUT2D eigenvalue weighted by atomic mass is 9.96. The van der Waals surface area contributed by atoms with Crippen LogP contribution in [0, 0.1) is 0 Å². The van der Waals surface area contributed by atoms with E-state index in [1.54, 1.807) is 24.3 Å². The summed E-state index contributed by atoms with van der Waals surface area (Å²) in [5.41, 5.74) is -1.66. The molecule has 0 heterocycles. The Morgan fingerprint density at radius 2 is 1.72 bits per heavy atom. The molecule has 0 aliphatic heterocycles. The molecule has 2 aromatic carbocycles. The molecule has 0 aliphatic carbocycles. The molecule has 29 heavy (non-hydrogen) atoms. The van der Waals surface area contributed by atoms with E-state index < -0.39 is 29.2 Å². The van der Waals surface area contributed by atoms with Gasteiger partial charge in [0.25, 0.3) is 0 Å². The average Bonchev–Trinajstić information content (AvgIpc) is 2.66. The number of carbonyl (C=O) groups is 2. The van der Waals surface area contributed by atoms with Crippen LogP contribution < -0.4 is 15.4 Å². The van der Waals surface area contributed by atoms with Crippen molar-refractivity contribution in [1.82, 2.24) is 5.32 Å². The van der Waals surface area contributed by atoms with Crippen molar-refractivity contribution in [1.29, 1.82) is 0 Å². The predicted molar refractivity (Wildman–Crippen MR) is 100 cm³/mol. The Hall–Kier alpha value is -3.07. The lowest BCUT2D eigenvalue weighted by molar-refractivity contribution is -0.137. The maximum absolute atomic E-state index is 12.7. The number of aliphatic hydroxyl groups is 1. The van der Waals surface area contributed by atoms with E-state index in [1.807, 2.05) is 0 Å². The van der Waals surface area contributed by atoms with Crippen molar-refractivity contribution in [2.75, 3.05) is 19.0 Å². The van der Waals surface area contributed by atoms with Crippen molar-refractivity contribution in [3.8, 4) is 5.75 Å². The Kier molecular flexibility index (Phi) is 6.86. The molecule has 0 radical (unpaired) electrons. The maximum Gasteiger partial charge on any atom is 0.416 e. The molecule has 0 spiro atoms. The standard InChI is InChI=1S/C20H21F3N2O4/c1-19(28,11-13-6-8-16(29-2)9-7-13)12-24-17(26)18(27)25-15-5-3-4-14(10-15)20(21,22)23/h3-10,28H,11-12H2,1-2H3,(H,24,26)(H,25,27). The number of hydrogen-bond donors (Lipinski definition) is 3. The first-order valence-corrected chi connectivity index (χ1v) is 8.62. The van der Waals surface area contributed by atoms with Gasteiger partial charge in [-0.25, -0.2) is 0 Å². The highest BCUT2D eigenvalue weighted by Crippen LogP contribution is 2.30. The molecule has 0 fully saturated rings. The third-order valence-electron chi connectivity index (χ3n) is 4.03.